The number of aromatic nitrogens is 3. The number of hydrogen-bond donors (Lipinski definition) is 1. The van der Waals surface area contributed by atoms with Gasteiger partial charge in [-0.2, -0.15) is 4.37 Å². The van der Waals surface area contributed by atoms with Gasteiger partial charge >= 0.3 is 0 Å². The highest BCUT2D eigenvalue weighted by atomic mass is 32.1. The normalized spacial score (nSPS) is 10.2. The molecule has 0 aliphatic heterocycles. The maximum Gasteiger partial charge on any atom is 0.213 e. The first-order valence-corrected chi connectivity index (χ1v) is 4.71. The molecule has 4 nitrogen and oxygen atoms in total. The van der Waals surface area contributed by atoms with Gasteiger partial charge in [-0.15, -0.1) is 0 Å². The van der Waals surface area contributed by atoms with Crippen molar-refractivity contribution in [2.24, 2.45) is 5.73 Å². The molecule has 2 aromatic heterocycles. The molecule has 0 aromatic carbocycles. The van der Waals surface area contributed by atoms with Crippen LogP contribution in [0, 0.1) is 0 Å². The lowest BCUT2D eigenvalue weighted by atomic mass is 10.4. The third-order valence-corrected chi connectivity index (χ3v) is 2.43. The fraction of sp³-hybridized carbons (Fsp3) is 0. The van der Waals surface area contributed by atoms with Crippen LogP contribution in [0.4, 0.5) is 0 Å². The van der Waals surface area contributed by atoms with Crippen molar-refractivity contribution in [1.82, 2.24) is 13.9 Å². The van der Waals surface area contributed by atoms with Gasteiger partial charge < -0.3 is 5.73 Å². The van der Waals surface area contributed by atoms with Gasteiger partial charge in [0.05, 0.1) is 5.69 Å². The van der Waals surface area contributed by atoms with E-state index in [1.165, 1.54) is 17.9 Å². The Balaban J connectivity index is 2.52. The first kappa shape index (κ1) is 8.33. The Morgan fingerprint density at radius 3 is 3.08 bits per heavy atom. The number of thiocarbonyl (C=S) groups is 1. The van der Waals surface area contributed by atoms with Crippen LogP contribution in [0.25, 0.3) is 5.13 Å². The van der Waals surface area contributed by atoms with Crippen LogP contribution in [0.5, 0.6) is 0 Å². The molecule has 0 saturated carbocycles. The predicted octanol–water partition coefficient (Wildman–Crippen LogP) is 0.963. The predicted molar refractivity (Wildman–Crippen MR) is 55.1 cm³/mol. The van der Waals surface area contributed by atoms with Gasteiger partial charge in [0.25, 0.3) is 0 Å². The zero-order valence-corrected chi connectivity index (χ0v) is 8.18. The van der Waals surface area contributed by atoms with E-state index in [0.29, 0.717) is 4.99 Å². The number of nitrogens with two attached hydrogens (primary N) is 1. The Hall–Kier alpha value is -1.27. The molecule has 0 amide bonds. The molecule has 0 saturated heterocycles. The van der Waals surface area contributed by atoms with E-state index in [1.807, 2.05) is 22.9 Å². The highest BCUT2D eigenvalue weighted by Gasteiger charge is 2.06. The van der Waals surface area contributed by atoms with Crippen molar-refractivity contribution in [1.29, 1.82) is 0 Å². The molecule has 0 unspecified atom stereocenters. The molecular weight excluding hydrogens is 204 g/mol. The third-order valence-electron chi connectivity index (χ3n) is 1.56. The van der Waals surface area contributed by atoms with Crippen LogP contribution in [0.3, 0.4) is 0 Å². The minimum absolute atomic E-state index is 0.361. The van der Waals surface area contributed by atoms with Crippen LogP contribution in [-0.2, 0) is 0 Å². The second kappa shape index (κ2) is 3.23. The van der Waals surface area contributed by atoms with Crippen LogP contribution >= 0.6 is 23.8 Å². The van der Waals surface area contributed by atoms with Gasteiger partial charge in [0.15, 0.2) is 0 Å². The quantitative estimate of drug-likeness (QED) is 0.750. The molecule has 0 aliphatic carbocycles. The maximum atomic E-state index is 5.53. The summed E-state index contributed by atoms with van der Waals surface area (Å²) in [5.74, 6) is 0. The van der Waals surface area contributed by atoms with E-state index in [-0.39, 0.29) is 0 Å². The summed E-state index contributed by atoms with van der Waals surface area (Å²) in [5.41, 5.74) is 6.32. The average molecular weight is 210 g/mol. The summed E-state index contributed by atoms with van der Waals surface area (Å²) in [7, 11) is 0. The highest BCUT2D eigenvalue weighted by Crippen LogP contribution is 2.12. The third kappa shape index (κ3) is 1.45. The van der Waals surface area contributed by atoms with Crippen molar-refractivity contribution in [2.75, 3.05) is 0 Å². The molecule has 0 atom stereocenters. The molecule has 2 rings (SSSR count). The summed E-state index contributed by atoms with van der Waals surface area (Å²) in [6, 6.07) is 3.72. The zero-order valence-electron chi connectivity index (χ0n) is 6.54. The second-order valence-electron chi connectivity index (χ2n) is 2.35. The molecule has 0 aliphatic rings. The molecule has 66 valence electrons. The molecule has 0 spiro atoms. The van der Waals surface area contributed by atoms with E-state index < -0.39 is 0 Å². The zero-order chi connectivity index (χ0) is 9.26. The number of nitrogens with zero attached hydrogens (tertiary/aromatic N) is 3. The Kier molecular flexibility index (Phi) is 2.07. The van der Waals surface area contributed by atoms with E-state index >= 15 is 0 Å². The lowest BCUT2D eigenvalue weighted by Gasteiger charge is -2.01. The average Bonchev–Trinajstić information content (AvgIpc) is 2.74. The van der Waals surface area contributed by atoms with E-state index in [4.69, 9.17) is 18.0 Å². The van der Waals surface area contributed by atoms with Gasteiger partial charge in [-0.1, -0.05) is 12.2 Å². The minimum atomic E-state index is 0.361. The minimum Gasteiger partial charge on any atom is -0.388 e. The molecule has 6 heteroatoms. The van der Waals surface area contributed by atoms with Crippen molar-refractivity contribution in [3.8, 4) is 5.13 Å². The van der Waals surface area contributed by atoms with Crippen molar-refractivity contribution in [3.05, 3.63) is 30.4 Å². The number of rotatable bonds is 2. The standard InChI is InChI=1S/C7H6N4S2/c8-6(12)5-2-1-3-11(5)7-9-4-10-13-7/h1-4H,(H2,8,12). The molecule has 13 heavy (non-hydrogen) atoms. The summed E-state index contributed by atoms with van der Waals surface area (Å²) in [5, 5.41) is 0.771. The molecule has 2 aromatic rings. The fourth-order valence-electron chi connectivity index (χ4n) is 1.02. The fourth-order valence-corrected chi connectivity index (χ4v) is 1.72. The molecular formula is C7H6N4S2. The molecule has 2 N–H and O–H groups in total. The van der Waals surface area contributed by atoms with Crippen molar-refractivity contribution >= 4 is 28.7 Å². The smallest absolute Gasteiger partial charge is 0.213 e. The monoisotopic (exact) mass is 210 g/mol. The maximum absolute atomic E-state index is 5.53. The van der Waals surface area contributed by atoms with E-state index in [9.17, 15) is 0 Å². The summed E-state index contributed by atoms with van der Waals surface area (Å²) < 4.78 is 5.72. The van der Waals surface area contributed by atoms with Crippen molar-refractivity contribution < 1.29 is 0 Å². The first-order chi connectivity index (χ1) is 6.29. The Morgan fingerprint density at radius 2 is 2.46 bits per heavy atom. The van der Waals surface area contributed by atoms with Crippen molar-refractivity contribution in [2.45, 2.75) is 0 Å². The van der Waals surface area contributed by atoms with Gasteiger partial charge in [0.2, 0.25) is 5.13 Å². The largest absolute Gasteiger partial charge is 0.388 e. The van der Waals surface area contributed by atoms with Crippen LogP contribution in [-0.4, -0.2) is 18.9 Å². The summed E-state index contributed by atoms with van der Waals surface area (Å²) in [6.45, 7) is 0. The van der Waals surface area contributed by atoms with E-state index in [0.717, 1.165) is 10.8 Å². The molecule has 0 bridgehead atoms. The van der Waals surface area contributed by atoms with Crippen LogP contribution in [0.2, 0.25) is 0 Å². The summed E-state index contributed by atoms with van der Waals surface area (Å²) >= 11 is 6.19. The molecule has 0 radical (unpaired) electrons. The topological polar surface area (TPSA) is 56.7 Å². The molecule has 0 fully saturated rings. The second-order valence-corrected chi connectivity index (χ2v) is 3.55. The van der Waals surface area contributed by atoms with Gasteiger partial charge in [-0.3, -0.25) is 4.57 Å². The van der Waals surface area contributed by atoms with Gasteiger partial charge in [0, 0.05) is 17.7 Å². The number of hydrogen-bond acceptors (Lipinski definition) is 4. The lowest BCUT2D eigenvalue weighted by molar-refractivity contribution is 1.03. The van der Waals surface area contributed by atoms with Gasteiger partial charge in [-0.25, -0.2) is 4.98 Å². The SMILES string of the molecule is NC(=S)c1cccn1-c1ncns1. The van der Waals surface area contributed by atoms with Crippen LogP contribution < -0.4 is 5.73 Å². The van der Waals surface area contributed by atoms with Gasteiger partial charge in [0.1, 0.15) is 11.3 Å². The summed E-state index contributed by atoms with van der Waals surface area (Å²) in [6.07, 6.45) is 3.36. The Bertz CT molecular complexity index is 417. The first-order valence-electron chi connectivity index (χ1n) is 3.53. The lowest BCUT2D eigenvalue weighted by Crippen LogP contribution is -2.14. The summed E-state index contributed by atoms with van der Waals surface area (Å²) in [4.78, 5) is 4.42. The van der Waals surface area contributed by atoms with E-state index in [2.05, 4.69) is 9.36 Å². The van der Waals surface area contributed by atoms with Crippen LogP contribution in [0.1, 0.15) is 5.69 Å². The van der Waals surface area contributed by atoms with Gasteiger partial charge in [-0.05, 0) is 12.1 Å². The highest BCUT2D eigenvalue weighted by molar-refractivity contribution is 7.80. The van der Waals surface area contributed by atoms with Crippen molar-refractivity contribution in [3.63, 3.8) is 0 Å². The van der Waals surface area contributed by atoms with E-state index in [1.54, 1.807) is 0 Å². The Morgan fingerprint density at radius 1 is 1.62 bits per heavy atom. The Labute approximate surface area is 84.2 Å². The molecule has 2 heterocycles. The van der Waals surface area contributed by atoms with Crippen LogP contribution in [0.15, 0.2) is 24.7 Å².